The van der Waals surface area contributed by atoms with Gasteiger partial charge in [0.15, 0.2) is 0 Å². The molecule has 150 valence electrons. The van der Waals surface area contributed by atoms with E-state index in [1.54, 1.807) is 6.33 Å². The maximum Gasteiger partial charge on any atom is 0.220 e. The number of hydrogen-bond donors (Lipinski definition) is 3. The van der Waals surface area contributed by atoms with Crippen molar-refractivity contribution in [3.8, 4) is 16.9 Å². The van der Waals surface area contributed by atoms with Gasteiger partial charge >= 0.3 is 0 Å². The van der Waals surface area contributed by atoms with Gasteiger partial charge in [-0.05, 0) is 42.3 Å². The number of carbonyl (C=O) groups is 1. The average Bonchev–Trinajstić information content (AvgIpc) is 3.37. The minimum atomic E-state index is -0.0806. The molecule has 3 N–H and O–H groups in total. The average molecular weight is 391 g/mol. The summed E-state index contributed by atoms with van der Waals surface area (Å²) in [6.45, 7) is 4.62. The number of carbonyl (C=O) groups excluding carboxylic acids is 1. The van der Waals surface area contributed by atoms with E-state index in [4.69, 9.17) is 4.74 Å². The number of imidazole rings is 1. The van der Waals surface area contributed by atoms with Gasteiger partial charge in [-0.15, -0.1) is 0 Å². The lowest BCUT2D eigenvalue weighted by Gasteiger charge is -2.29. The van der Waals surface area contributed by atoms with Crippen LogP contribution >= 0.6 is 0 Å². The number of fused-ring (bicyclic) bond motifs is 2. The van der Waals surface area contributed by atoms with E-state index < -0.39 is 0 Å². The third kappa shape index (κ3) is 3.26. The molecule has 0 saturated carbocycles. The summed E-state index contributed by atoms with van der Waals surface area (Å²) in [6.07, 6.45) is 2.12. The maximum atomic E-state index is 11.6. The molecule has 0 radical (unpaired) electrons. The number of ether oxygens (including phenoxy) is 1. The van der Waals surface area contributed by atoms with Crippen molar-refractivity contribution in [3.63, 3.8) is 0 Å². The summed E-state index contributed by atoms with van der Waals surface area (Å²) < 4.78 is 6.31. The molecule has 2 atom stereocenters. The summed E-state index contributed by atoms with van der Waals surface area (Å²) >= 11 is 0. The third-order valence-electron chi connectivity index (χ3n) is 5.98. The quantitative estimate of drug-likeness (QED) is 0.637. The summed E-state index contributed by atoms with van der Waals surface area (Å²) in [5.74, 6) is 1.01. The van der Waals surface area contributed by atoms with Crippen LogP contribution in [0.25, 0.3) is 22.2 Å². The van der Waals surface area contributed by atoms with E-state index in [1.165, 1.54) is 5.69 Å². The van der Waals surface area contributed by atoms with Gasteiger partial charge in [0.25, 0.3) is 0 Å². The van der Waals surface area contributed by atoms with Crippen molar-refractivity contribution >= 4 is 28.3 Å². The molecule has 2 aromatic carbocycles. The number of nitrogens with zero attached hydrogens (tertiary/aromatic N) is 2. The van der Waals surface area contributed by atoms with Crippen LogP contribution in [0.5, 0.6) is 5.75 Å². The fourth-order valence-electron chi connectivity index (χ4n) is 4.20. The van der Waals surface area contributed by atoms with Gasteiger partial charge in [-0.25, -0.2) is 4.98 Å². The molecular formula is C22H25N5O2. The van der Waals surface area contributed by atoms with E-state index in [-0.39, 0.29) is 17.9 Å². The Hall–Kier alpha value is -3.22. The number of aromatic nitrogens is 2. The van der Waals surface area contributed by atoms with Crippen molar-refractivity contribution in [2.24, 2.45) is 5.92 Å². The highest BCUT2D eigenvalue weighted by molar-refractivity contribution is 5.89. The van der Waals surface area contributed by atoms with Crippen molar-refractivity contribution in [1.29, 1.82) is 0 Å². The van der Waals surface area contributed by atoms with Crippen LogP contribution in [0, 0.1) is 5.92 Å². The highest BCUT2D eigenvalue weighted by atomic mass is 16.5. The lowest BCUT2D eigenvalue weighted by Crippen LogP contribution is -2.30. The highest BCUT2D eigenvalue weighted by Crippen LogP contribution is 2.36. The van der Waals surface area contributed by atoms with Gasteiger partial charge in [0.2, 0.25) is 5.91 Å². The molecule has 1 saturated heterocycles. The summed E-state index contributed by atoms with van der Waals surface area (Å²) in [4.78, 5) is 21.5. The van der Waals surface area contributed by atoms with Gasteiger partial charge in [-0.3, -0.25) is 4.79 Å². The molecule has 2 aliphatic heterocycles. The van der Waals surface area contributed by atoms with Gasteiger partial charge in [-0.1, -0.05) is 6.07 Å². The van der Waals surface area contributed by atoms with Crippen molar-refractivity contribution in [2.75, 3.05) is 36.9 Å². The van der Waals surface area contributed by atoms with Crippen LogP contribution in [0.1, 0.15) is 13.3 Å². The second-order valence-corrected chi connectivity index (χ2v) is 7.94. The summed E-state index contributed by atoms with van der Waals surface area (Å²) in [5, 5.41) is 6.38. The number of H-pyrrole nitrogens is 1. The zero-order chi connectivity index (χ0) is 20.0. The molecule has 0 unspecified atom stereocenters. The second kappa shape index (κ2) is 6.99. The van der Waals surface area contributed by atoms with Crippen LogP contribution in [-0.4, -0.2) is 48.7 Å². The van der Waals surface area contributed by atoms with Crippen LogP contribution in [0.15, 0.2) is 36.7 Å². The minimum Gasteiger partial charge on any atom is -0.488 e. The highest BCUT2D eigenvalue weighted by Gasteiger charge is 2.28. The Bertz CT molecular complexity index is 1080. The van der Waals surface area contributed by atoms with E-state index in [9.17, 15) is 4.79 Å². The molecule has 1 aromatic heterocycles. The summed E-state index contributed by atoms with van der Waals surface area (Å²) in [5.41, 5.74) is 6.31. The predicted molar refractivity (Wildman–Crippen MR) is 114 cm³/mol. The fourth-order valence-corrected chi connectivity index (χ4v) is 4.20. The number of nitrogens with one attached hydrogen (secondary N) is 3. The van der Waals surface area contributed by atoms with Gasteiger partial charge in [0.05, 0.1) is 23.2 Å². The number of likely N-dealkylation sites (N-methyl/N-ethyl adjacent to an activating group) is 1. The van der Waals surface area contributed by atoms with E-state index in [1.807, 2.05) is 6.92 Å². The fraction of sp³-hybridized carbons (Fsp3) is 0.364. The van der Waals surface area contributed by atoms with E-state index in [2.05, 4.69) is 62.9 Å². The van der Waals surface area contributed by atoms with Gasteiger partial charge in [0.1, 0.15) is 17.4 Å². The monoisotopic (exact) mass is 391 g/mol. The Morgan fingerprint density at radius 3 is 2.93 bits per heavy atom. The Kier molecular flexibility index (Phi) is 4.30. The Balaban J connectivity index is 1.50. The number of benzene rings is 2. The lowest BCUT2D eigenvalue weighted by molar-refractivity contribution is -0.119. The molecule has 5 rings (SSSR count). The molecule has 0 aliphatic carbocycles. The molecule has 3 aromatic rings. The molecule has 29 heavy (non-hydrogen) atoms. The lowest BCUT2D eigenvalue weighted by atomic mass is 10.0. The first-order chi connectivity index (χ1) is 14.1. The minimum absolute atomic E-state index is 0.0806. The SMILES string of the molecule is C[C@@H](Oc1cc(-c2ccc3c(c2)NCCN3C)cc2[nH]cnc12)[C@H]1CNC(=O)C1. The third-order valence-corrected chi connectivity index (χ3v) is 5.98. The van der Waals surface area contributed by atoms with Crippen LogP contribution in [0.4, 0.5) is 11.4 Å². The second-order valence-electron chi connectivity index (χ2n) is 7.94. The Morgan fingerprint density at radius 1 is 1.21 bits per heavy atom. The van der Waals surface area contributed by atoms with Crippen LogP contribution in [0.3, 0.4) is 0 Å². The maximum absolute atomic E-state index is 11.6. The zero-order valence-corrected chi connectivity index (χ0v) is 16.7. The topological polar surface area (TPSA) is 82.3 Å². The first-order valence-electron chi connectivity index (χ1n) is 10.1. The number of anilines is 2. The molecule has 1 amide bonds. The summed E-state index contributed by atoms with van der Waals surface area (Å²) in [7, 11) is 2.12. The van der Waals surface area contributed by atoms with E-state index in [0.717, 1.165) is 46.7 Å². The normalized spacial score (nSPS) is 19.6. The zero-order valence-electron chi connectivity index (χ0n) is 16.7. The van der Waals surface area contributed by atoms with Crippen LogP contribution in [-0.2, 0) is 4.79 Å². The molecule has 7 nitrogen and oxygen atoms in total. The molecule has 7 heteroatoms. The Labute approximate surface area is 169 Å². The molecule has 1 fully saturated rings. The van der Waals surface area contributed by atoms with E-state index >= 15 is 0 Å². The molecule has 0 spiro atoms. The number of hydrogen-bond acceptors (Lipinski definition) is 5. The number of amides is 1. The predicted octanol–water partition coefficient (Wildman–Crippen LogP) is 3.00. The Morgan fingerprint density at radius 2 is 2.10 bits per heavy atom. The van der Waals surface area contributed by atoms with Crippen molar-refractivity contribution < 1.29 is 9.53 Å². The van der Waals surface area contributed by atoms with Gasteiger partial charge in [0, 0.05) is 39.0 Å². The van der Waals surface area contributed by atoms with E-state index in [0.29, 0.717) is 13.0 Å². The largest absolute Gasteiger partial charge is 0.488 e. The molecule has 2 aliphatic rings. The summed E-state index contributed by atoms with van der Waals surface area (Å²) in [6, 6.07) is 10.7. The van der Waals surface area contributed by atoms with Crippen molar-refractivity contribution in [1.82, 2.24) is 15.3 Å². The smallest absolute Gasteiger partial charge is 0.220 e. The standard InChI is InChI=1S/C22H25N5O2/c1-13(16-10-21(28)24-11-16)29-20-9-15(8-18-22(20)26-12-25-18)14-3-4-19-17(7-14)23-5-6-27(19)2/h3-4,7-9,12-13,16,23H,5-6,10-11H2,1-2H3,(H,24,28)(H,25,26)/t13-,16-/m1/s1. The number of rotatable bonds is 4. The van der Waals surface area contributed by atoms with Crippen molar-refractivity contribution in [2.45, 2.75) is 19.4 Å². The van der Waals surface area contributed by atoms with Gasteiger partial charge < -0.3 is 25.3 Å². The van der Waals surface area contributed by atoms with Gasteiger partial charge in [-0.2, -0.15) is 0 Å². The van der Waals surface area contributed by atoms with Crippen LogP contribution in [0.2, 0.25) is 0 Å². The first-order valence-corrected chi connectivity index (χ1v) is 10.1. The molecule has 3 heterocycles. The molecular weight excluding hydrogens is 366 g/mol. The number of aromatic amines is 1. The van der Waals surface area contributed by atoms with Crippen molar-refractivity contribution in [3.05, 3.63) is 36.7 Å². The first kappa shape index (κ1) is 17.8. The molecule has 0 bridgehead atoms. The van der Waals surface area contributed by atoms with Crippen LogP contribution < -0.4 is 20.3 Å².